The van der Waals surface area contributed by atoms with Crippen LogP contribution in [0.2, 0.25) is 0 Å². The van der Waals surface area contributed by atoms with Gasteiger partial charge in [0, 0.05) is 0 Å². The second kappa shape index (κ2) is 3.51. The van der Waals surface area contributed by atoms with E-state index in [1.807, 2.05) is 6.92 Å². The maximum absolute atomic E-state index is 11.4. The summed E-state index contributed by atoms with van der Waals surface area (Å²) in [5.41, 5.74) is 7.86. The average molecular weight is 222 g/mol. The first-order valence-corrected chi connectivity index (χ1v) is 5.19. The molecule has 0 radical (unpaired) electrons. The third kappa shape index (κ3) is 1.55. The van der Waals surface area contributed by atoms with Gasteiger partial charge in [0.25, 0.3) is 0 Å². The molecule has 0 saturated heterocycles. The molecule has 0 bridgehead atoms. The summed E-state index contributed by atoms with van der Waals surface area (Å²) < 4.78 is 5.63. The molecule has 0 amide bonds. The number of benzene rings is 1. The van der Waals surface area contributed by atoms with Gasteiger partial charge < -0.3 is 10.5 Å². The first-order chi connectivity index (χ1) is 7.13. The predicted octanol–water partition coefficient (Wildman–Crippen LogP) is 1.97. The second-order valence-corrected chi connectivity index (χ2v) is 4.16. The summed E-state index contributed by atoms with van der Waals surface area (Å²) in [4.78, 5) is 15.6. The number of esters is 1. The number of aromatic nitrogens is 1. The van der Waals surface area contributed by atoms with Crippen molar-refractivity contribution in [3.63, 3.8) is 0 Å². The summed E-state index contributed by atoms with van der Waals surface area (Å²) in [7, 11) is 1.37. The van der Waals surface area contributed by atoms with Crippen LogP contribution in [-0.4, -0.2) is 18.1 Å². The number of nitrogens with two attached hydrogens (primary N) is 1. The first-order valence-electron chi connectivity index (χ1n) is 4.37. The minimum absolute atomic E-state index is 0.332. The molecule has 1 aromatic heterocycles. The number of rotatable bonds is 1. The van der Waals surface area contributed by atoms with E-state index in [4.69, 9.17) is 5.73 Å². The van der Waals surface area contributed by atoms with Crippen LogP contribution in [0.4, 0.5) is 5.13 Å². The molecule has 0 saturated carbocycles. The highest BCUT2D eigenvalue weighted by Crippen LogP contribution is 2.29. The number of carbonyl (C=O) groups excluding carboxylic acids is 1. The van der Waals surface area contributed by atoms with E-state index in [0.717, 1.165) is 15.8 Å². The third-order valence-electron chi connectivity index (χ3n) is 2.23. The van der Waals surface area contributed by atoms with E-state index in [2.05, 4.69) is 9.72 Å². The average Bonchev–Trinajstić information content (AvgIpc) is 2.59. The number of nitrogens with zero attached hydrogens (tertiary/aromatic N) is 1. The first kappa shape index (κ1) is 9.92. The summed E-state index contributed by atoms with van der Waals surface area (Å²) in [6.45, 7) is 1.87. The molecule has 2 aromatic rings. The molecule has 0 aliphatic rings. The highest BCUT2D eigenvalue weighted by molar-refractivity contribution is 7.22. The molecule has 5 heteroatoms. The van der Waals surface area contributed by atoms with Gasteiger partial charge in [0.1, 0.15) is 0 Å². The Hall–Kier alpha value is -1.62. The van der Waals surface area contributed by atoms with E-state index in [-0.39, 0.29) is 5.97 Å². The minimum atomic E-state index is -0.332. The monoisotopic (exact) mass is 222 g/mol. The maximum Gasteiger partial charge on any atom is 0.338 e. The highest BCUT2D eigenvalue weighted by atomic mass is 32.1. The Morgan fingerprint density at radius 3 is 2.93 bits per heavy atom. The molecule has 2 rings (SSSR count). The van der Waals surface area contributed by atoms with Crippen molar-refractivity contribution in [3.05, 3.63) is 23.3 Å². The zero-order chi connectivity index (χ0) is 11.0. The summed E-state index contributed by atoms with van der Waals surface area (Å²) >= 11 is 1.38. The van der Waals surface area contributed by atoms with Gasteiger partial charge in [-0.15, -0.1) is 0 Å². The van der Waals surface area contributed by atoms with Crippen LogP contribution >= 0.6 is 11.3 Å². The van der Waals surface area contributed by atoms with Crippen LogP contribution in [0.3, 0.4) is 0 Å². The van der Waals surface area contributed by atoms with Crippen molar-refractivity contribution in [2.75, 3.05) is 12.8 Å². The number of nitrogen functional groups attached to an aromatic ring is 1. The Balaban J connectivity index is 2.69. The Bertz CT molecular complexity index is 533. The van der Waals surface area contributed by atoms with Crippen LogP contribution in [0.5, 0.6) is 0 Å². The van der Waals surface area contributed by atoms with E-state index in [1.165, 1.54) is 18.4 Å². The van der Waals surface area contributed by atoms with Crippen molar-refractivity contribution >= 4 is 32.7 Å². The number of hydrogen-bond acceptors (Lipinski definition) is 5. The van der Waals surface area contributed by atoms with Crippen LogP contribution < -0.4 is 5.73 Å². The van der Waals surface area contributed by atoms with E-state index in [0.29, 0.717) is 10.7 Å². The Labute approximate surface area is 90.7 Å². The van der Waals surface area contributed by atoms with Crippen LogP contribution in [0.1, 0.15) is 15.9 Å². The summed E-state index contributed by atoms with van der Waals surface area (Å²) in [6, 6.07) is 3.49. The van der Waals surface area contributed by atoms with Crippen molar-refractivity contribution in [1.29, 1.82) is 0 Å². The zero-order valence-electron chi connectivity index (χ0n) is 8.40. The molecule has 4 nitrogen and oxygen atoms in total. The Kier molecular flexibility index (Phi) is 2.32. The van der Waals surface area contributed by atoms with Gasteiger partial charge in [-0.05, 0) is 24.6 Å². The molecule has 0 unspecified atom stereocenters. The molecular weight excluding hydrogens is 212 g/mol. The van der Waals surface area contributed by atoms with Gasteiger partial charge in [0.2, 0.25) is 0 Å². The van der Waals surface area contributed by atoms with E-state index >= 15 is 0 Å². The largest absolute Gasteiger partial charge is 0.465 e. The lowest BCUT2D eigenvalue weighted by Gasteiger charge is -2.03. The molecule has 0 atom stereocenters. The van der Waals surface area contributed by atoms with Crippen LogP contribution in [0.25, 0.3) is 10.2 Å². The van der Waals surface area contributed by atoms with Crippen LogP contribution in [0.15, 0.2) is 12.1 Å². The number of fused-ring (bicyclic) bond motifs is 1. The molecule has 0 fully saturated rings. The quantitative estimate of drug-likeness (QED) is 0.749. The molecule has 78 valence electrons. The van der Waals surface area contributed by atoms with Crippen LogP contribution in [0, 0.1) is 6.92 Å². The van der Waals surface area contributed by atoms with Crippen molar-refractivity contribution in [2.45, 2.75) is 6.92 Å². The van der Waals surface area contributed by atoms with Crippen molar-refractivity contribution in [2.24, 2.45) is 0 Å². The number of aryl methyl sites for hydroxylation is 1. The Morgan fingerprint density at radius 1 is 1.53 bits per heavy atom. The molecule has 2 N–H and O–H groups in total. The van der Waals surface area contributed by atoms with Gasteiger partial charge in [-0.1, -0.05) is 11.3 Å². The lowest BCUT2D eigenvalue weighted by molar-refractivity contribution is 0.0600. The van der Waals surface area contributed by atoms with Gasteiger partial charge >= 0.3 is 5.97 Å². The zero-order valence-corrected chi connectivity index (χ0v) is 9.22. The number of thiazole rings is 1. The van der Waals surface area contributed by atoms with E-state index in [1.54, 1.807) is 12.1 Å². The molecule has 1 heterocycles. The highest BCUT2D eigenvalue weighted by Gasteiger charge is 2.13. The molecule has 0 aliphatic carbocycles. The third-order valence-corrected chi connectivity index (χ3v) is 3.25. The fraction of sp³-hybridized carbons (Fsp3) is 0.200. The fourth-order valence-electron chi connectivity index (χ4n) is 1.47. The smallest absolute Gasteiger partial charge is 0.338 e. The number of methoxy groups -OCH3 is 1. The topological polar surface area (TPSA) is 65.2 Å². The second-order valence-electron chi connectivity index (χ2n) is 3.13. The standard InChI is InChI=1S/C10H10N2O2S/c1-5-6(9(13)14-2)3-4-7-8(5)15-10(11)12-7/h3-4H,1-2H3,(H2,11,12). The van der Waals surface area contributed by atoms with Gasteiger partial charge in [-0.25, -0.2) is 9.78 Å². The normalized spacial score (nSPS) is 10.5. The van der Waals surface area contributed by atoms with Crippen molar-refractivity contribution in [1.82, 2.24) is 4.98 Å². The molecule has 0 aliphatic heterocycles. The minimum Gasteiger partial charge on any atom is -0.465 e. The predicted molar refractivity (Wildman–Crippen MR) is 60.1 cm³/mol. The molecule has 15 heavy (non-hydrogen) atoms. The molecule has 0 spiro atoms. The van der Waals surface area contributed by atoms with Crippen molar-refractivity contribution < 1.29 is 9.53 Å². The number of hydrogen-bond donors (Lipinski definition) is 1. The summed E-state index contributed by atoms with van der Waals surface area (Å²) in [5.74, 6) is -0.332. The number of ether oxygens (including phenoxy) is 1. The van der Waals surface area contributed by atoms with E-state index < -0.39 is 0 Å². The van der Waals surface area contributed by atoms with Crippen LogP contribution in [-0.2, 0) is 4.74 Å². The van der Waals surface area contributed by atoms with E-state index in [9.17, 15) is 4.79 Å². The van der Waals surface area contributed by atoms with Gasteiger partial charge in [0.15, 0.2) is 5.13 Å². The fourth-order valence-corrected chi connectivity index (χ4v) is 2.31. The van der Waals surface area contributed by atoms with Crippen molar-refractivity contribution in [3.8, 4) is 0 Å². The summed E-state index contributed by atoms with van der Waals surface area (Å²) in [6.07, 6.45) is 0. The summed E-state index contributed by atoms with van der Waals surface area (Å²) in [5, 5.41) is 0.509. The SMILES string of the molecule is COC(=O)c1ccc2nc(N)sc2c1C. The number of carbonyl (C=O) groups is 1. The lowest BCUT2D eigenvalue weighted by Crippen LogP contribution is -2.03. The number of anilines is 1. The van der Waals surface area contributed by atoms with Gasteiger partial charge in [0.05, 0.1) is 22.9 Å². The van der Waals surface area contributed by atoms with Gasteiger partial charge in [-0.2, -0.15) is 0 Å². The molecular formula is C10H10N2O2S. The maximum atomic E-state index is 11.4. The van der Waals surface area contributed by atoms with Gasteiger partial charge in [-0.3, -0.25) is 0 Å². The Morgan fingerprint density at radius 2 is 2.27 bits per heavy atom. The molecule has 1 aromatic carbocycles. The lowest BCUT2D eigenvalue weighted by atomic mass is 10.1.